The Hall–Kier alpha value is -1.45. The van der Waals surface area contributed by atoms with E-state index in [1.165, 1.54) is 34.3 Å². The summed E-state index contributed by atoms with van der Waals surface area (Å²) in [5.74, 6) is 0. The minimum atomic E-state index is 0.461. The van der Waals surface area contributed by atoms with Gasteiger partial charge in [-0.2, -0.15) is 0 Å². The number of benzene rings is 2. The summed E-state index contributed by atoms with van der Waals surface area (Å²) in [6, 6.07) is 18.0. The molecule has 1 heterocycles. The molecule has 23 heavy (non-hydrogen) atoms. The van der Waals surface area contributed by atoms with Gasteiger partial charge in [-0.1, -0.05) is 36.0 Å². The van der Waals surface area contributed by atoms with E-state index in [2.05, 4.69) is 81.2 Å². The minimum Gasteiger partial charge on any atom is -0.331 e. The van der Waals surface area contributed by atoms with Gasteiger partial charge in [0.2, 0.25) is 0 Å². The zero-order valence-electron chi connectivity index (χ0n) is 14.6. The number of quaternary nitrogens is 1. The van der Waals surface area contributed by atoms with Crippen LogP contribution in [-0.2, 0) is 0 Å². The molecule has 0 N–H and O–H groups in total. The lowest BCUT2D eigenvalue weighted by Crippen LogP contribution is -2.51. The minimum absolute atomic E-state index is 0.461. The summed E-state index contributed by atoms with van der Waals surface area (Å²) < 4.78 is 1.11. The molecule has 2 aromatic carbocycles. The molecular weight excluding hydrogens is 300 g/mol. The molecule has 0 radical (unpaired) electrons. The van der Waals surface area contributed by atoms with Crippen LogP contribution in [0.25, 0.3) is 0 Å². The van der Waals surface area contributed by atoms with Gasteiger partial charge in [0.15, 0.2) is 0 Å². The third-order valence-electron chi connectivity index (χ3n) is 5.14. The Labute approximate surface area is 144 Å². The van der Waals surface area contributed by atoms with Crippen molar-refractivity contribution in [2.24, 2.45) is 0 Å². The van der Waals surface area contributed by atoms with Crippen LogP contribution in [0.4, 0.5) is 11.4 Å². The molecule has 0 bridgehead atoms. The molecule has 0 saturated carbocycles. The third-order valence-corrected chi connectivity index (χ3v) is 6.27. The van der Waals surface area contributed by atoms with Crippen molar-refractivity contribution in [1.82, 2.24) is 0 Å². The Bertz CT molecular complexity index is 633. The number of para-hydroxylation sites is 2. The molecule has 0 saturated heterocycles. The fraction of sp³-hybridized carbons (Fsp3) is 0.400. The molecule has 2 aromatic rings. The van der Waals surface area contributed by atoms with Gasteiger partial charge in [-0.05, 0) is 45.0 Å². The van der Waals surface area contributed by atoms with E-state index in [0.717, 1.165) is 11.0 Å². The smallest absolute Gasteiger partial charge is 0.0992 e. The highest BCUT2D eigenvalue weighted by Crippen LogP contribution is 2.48. The van der Waals surface area contributed by atoms with E-state index in [1.54, 1.807) is 0 Å². The summed E-state index contributed by atoms with van der Waals surface area (Å²) >= 11 is 1.89. The first-order valence-electron chi connectivity index (χ1n) is 8.56. The maximum Gasteiger partial charge on any atom is 0.0992 e. The Morgan fingerprint density at radius 2 is 1.39 bits per heavy atom. The number of rotatable bonds is 5. The summed E-state index contributed by atoms with van der Waals surface area (Å²) in [5, 5.41) is 0. The first kappa shape index (κ1) is 16.4. The molecule has 1 aliphatic heterocycles. The number of hydrogen-bond acceptors (Lipinski definition) is 2. The first-order valence-corrected chi connectivity index (χ1v) is 9.38. The second-order valence-electron chi connectivity index (χ2n) is 6.69. The summed E-state index contributed by atoms with van der Waals surface area (Å²) in [4.78, 5) is 5.27. The predicted octanol–water partition coefficient (Wildman–Crippen LogP) is 5.16. The van der Waals surface area contributed by atoms with Gasteiger partial charge in [-0.25, -0.2) is 0 Å². The molecule has 0 fully saturated rings. The molecule has 1 atom stereocenters. The van der Waals surface area contributed by atoms with Crippen LogP contribution in [0.1, 0.15) is 20.8 Å². The summed E-state index contributed by atoms with van der Waals surface area (Å²) in [5.41, 5.74) is 2.70. The summed E-state index contributed by atoms with van der Waals surface area (Å²) in [6.07, 6.45) is 0. The van der Waals surface area contributed by atoms with E-state index in [4.69, 9.17) is 0 Å². The maximum atomic E-state index is 2.54. The van der Waals surface area contributed by atoms with Gasteiger partial charge in [0.25, 0.3) is 0 Å². The fourth-order valence-electron chi connectivity index (χ4n) is 3.41. The number of anilines is 2. The van der Waals surface area contributed by atoms with Crippen LogP contribution >= 0.6 is 11.8 Å². The molecule has 122 valence electrons. The molecular formula is C20H27N2S+. The highest BCUT2D eigenvalue weighted by molar-refractivity contribution is 7.99. The van der Waals surface area contributed by atoms with Crippen LogP contribution in [0.3, 0.4) is 0 Å². The molecule has 1 aliphatic rings. The van der Waals surface area contributed by atoms with Crippen molar-refractivity contribution in [3.8, 4) is 0 Å². The second kappa shape index (κ2) is 6.58. The summed E-state index contributed by atoms with van der Waals surface area (Å²) in [6.45, 7) is 10.5. The quantitative estimate of drug-likeness (QED) is 0.698. The van der Waals surface area contributed by atoms with E-state index < -0.39 is 0 Å². The fourth-order valence-corrected chi connectivity index (χ4v) is 4.48. The number of likely N-dealkylation sites (N-methyl/N-ethyl adjacent to an activating group) is 1. The van der Waals surface area contributed by atoms with Gasteiger partial charge in [-0.15, -0.1) is 0 Å². The average Bonchev–Trinajstić information content (AvgIpc) is 2.59. The van der Waals surface area contributed by atoms with E-state index in [1.807, 2.05) is 11.8 Å². The monoisotopic (exact) mass is 327 g/mol. The van der Waals surface area contributed by atoms with Crippen molar-refractivity contribution in [3.05, 3.63) is 48.5 Å². The number of nitrogens with zero attached hydrogens (tertiary/aromatic N) is 2. The van der Waals surface area contributed by atoms with E-state index >= 15 is 0 Å². The van der Waals surface area contributed by atoms with Gasteiger partial charge >= 0.3 is 0 Å². The van der Waals surface area contributed by atoms with Crippen molar-refractivity contribution >= 4 is 23.1 Å². The largest absolute Gasteiger partial charge is 0.331 e. The molecule has 0 unspecified atom stereocenters. The predicted molar refractivity (Wildman–Crippen MR) is 101 cm³/mol. The molecule has 0 spiro atoms. The molecule has 0 aliphatic carbocycles. The first-order chi connectivity index (χ1) is 11.1. The normalized spacial score (nSPS) is 15.0. The third kappa shape index (κ3) is 3.13. The maximum absolute atomic E-state index is 2.54. The Morgan fingerprint density at radius 3 is 1.87 bits per heavy atom. The number of fused-ring (bicyclic) bond motifs is 2. The van der Waals surface area contributed by atoms with Crippen LogP contribution in [-0.4, -0.2) is 37.2 Å². The van der Waals surface area contributed by atoms with Gasteiger partial charge in [0.05, 0.1) is 44.1 Å². The topological polar surface area (TPSA) is 3.24 Å². The van der Waals surface area contributed by atoms with Gasteiger partial charge in [-0.3, -0.25) is 0 Å². The van der Waals surface area contributed by atoms with E-state index in [0.29, 0.717) is 6.04 Å². The molecule has 3 heteroatoms. The highest BCUT2D eigenvalue weighted by Gasteiger charge is 2.30. The van der Waals surface area contributed by atoms with Crippen LogP contribution in [0, 0.1) is 0 Å². The van der Waals surface area contributed by atoms with Crippen molar-refractivity contribution < 1.29 is 4.48 Å². The van der Waals surface area contributed by atoms with Crippen LogP contribution in [0.15, 0.2) is 58.3 Å². The average molecular weight is 328 g/mol. The summed E-state index contributed by atoms with van der Waals surface area (Å²) in [7, 11) is 2.37. The lowest BCUT2D eigenvalue weighted by molar-refractivity contribution is -0.906. The zero-order chi connectivity index (χ0) is 16.4. The van der Waals surface area contributed by atoms with E-state index in [9.17, 15) is 0 Å². The highest BCUT2D eigenvalue weighted by atomic mass is 32.2. The number of hydrogen-bond donors (Lipinski definition) is 0. The molecule has 0 aromatic heterocycles. The SMILES string of the molecule is CC[N+](C)(CC)C[C@@H](C)N1c2ccccc2Sc2ccccc21. The lowest BCUT2D eigenvalue weighted by atomic mass is 10.1. The van der Waals surface area contributed by atoms with E-state index in [-0.39, 0.29) is 0 Å². The van der Waals surface area contributed by atoms with Gasteiger partial charge in [0, 0.05) is 9.79 Å². The zero-order valence-corrected chi connectivity index (χ0v) is 15.4. The standard InChI is InChI=1S/C20H27N2S/c1-5-22(4,6-2)15-16(3)21-17-11-7-9-13-19(17)23-20-14-10-8-12-18(20)21/h7-14,16H,5-6,15H2,1-4H3/q+1/t16-/m1/s1. The lowest BCUT2D eigenvalue weighted by Gasteiger charge is -2.42. The van der Waals surface area contributed by atoms with Crippen molar-refractivity contribution in [2.45, 2.75) is 36.6 Å². The molecule has 3 rings (SSSR count). The van der Waals surface area contributed by atoms with Crippen molar-refractivity contribution in [1.29, 1.82) is 0 Å². The van der Waals surface area contributed by atoms with Gasteiger partial charge in [0.1, 0.15) is 0 Å². The van der Waals surface area contributed by atoms with Crippen LogP contribution in [0.5, 0.6) is 0 Å². The van der Waals surface area contributed by atoms with Crippen LogP contribution in [0.2, 0.25) is 0 Å². The van der Waals surface area contributed by atoms with Crippen LogP contribution < -0.4 is 4.90 Å². The Balaban J connectivity index is 2.01. The van der Waals surface area contributed by atoms with Crippen molar-refractivity contribution in [3.63, 3.8) is 0 Å². The Kier molecular flexibility index (Phi) is 4.69. The molecule has 2 nitrogen and oxygen atoms in total. The molecule has 0 amide bonds. The van der Waals surface area contributed by atoms with Gasteiger partial charge < -0.3 is 9.38 Å². The Morgan fingerprint density at radius 1 is 0.913 bits per heavy atom. The second-order valence-corrected chi connectivity index (χ2v) is 7.77. The van der Waals surface area contributed by atoms with Crippen molar-refractivity contribution in [2.75, 3.05) is 31.6 Å².